The predicted octanol–water partition coefficient (Wildman–Crippen LogP) is 3.49. The zero-order valence-corrected chi connectivity index (χ0v) is 18.9. The molecule has 0 aliphatic carbocycles. The van der Waals surface area contributed by atoms with Crippen molar-refractivity contribution in [3.05, 3.63) is 52.5 Å². The zero-order chi connectivity index (χ0) is 21.6. The number of fused-ring (bicyclic) bond motifs is 2. The van der Waals surface area contributed by atoms with Crippen LogP contribution in [0.25, 0.3) is 10.2 Å². The number of nitrogens with one attached hydrogen (secondary N) is 2. The Bertz CT molecular complexity index is 1120. The third-order valence-electron chi connectivity index (χ3n) is 6.84. The first-order chi connectivity index (χ1) is 14.9. The third-order valence-corrected chi connectivity index (χ3v) is 7.95. The summed E-state index contributed by atoms with van der Waals surface area (Å²) in [5, 5.41) is 7.55. The topological polar surface area (TPSA) is 83.3 Å². The summed E-state index contributed by atoms with van der Waals surface area (Å²) in [5.41, 5.74) is 10.4. The molecule has 2 saturated heterocycles. The maximum absolute atomic E-state index is 12.7. The lowest BCUT2D eigenvalue weighted by molar-refractivity contribution is 0.0959. The molecule has 7 heteroatoms. The van der Waals surface area contributed by atoms with E-state index in [1.807, 2.05) is 19.1 Å². The van der Waals surface area contributed by atoms with Crippen molar-refractivity contribution in [2.75, 3.05) is 30.3 Å². The average Bonchev–Trinajstić information content (AvgIpc) is 3.39. The summed E-state index contributed by atoms with van der Waals surface area (Å²) in [6.07, 6.45) is 3.19. The van der Waals surface area contributed by atoms with E-state index >= 15 is 0 Å². The van der Waals surface area contributed by atoms with Crippen molar-refractivity contribution in [3.8, 4) is 0 Å². The second kappa shape index (κ2) is 7.80. The van der Waals surface area contributed by atoms with Crippen LogP contribution in [-0.2, 0) is 6.42 Å². The molecule has 4 heterocycles. The quantitative estimate of drug-likeness (QED) is 0.571. The van der Waals surface area contributed by atoms with Gasteiger partial charge in [0.25, 0.3) is 5.91 Å². The lowest BCUT2D eigenvalue weighted by Crippen LogP contribution is -2.44. The molecule has 3 aromatic rings. The van der Waals surface area contributed by atoms with Crippen LogP contribution >= 0.6 is 11.3 Å². The SMILES string of the molecule is Cc1ccc2c(N)c(C(=O)NCCc3ccc(N4CC[C@]5(C)NCC[C@H]45)cc3)sc2n1. The summed E-state index contributed by atoms with van der Waals surface area (Å²) in [6.45, 7) is 7.08. The number of pyridine rings is 1. The Morgan fingerprint density at radius 2 is 2.13 bits per heavy atom. The molecule has 2 fully saturated rings. The highest BCUT2D eigenvalue weighted by atomic mass is 32.1. The number of anilines is 2. The fourth-order valence-electron chi connectivity index (χ4n) is 5.02. The van der Waals surface area contributed by atoms with Crippen molar-refractivity contribution < 1.29 is 4.79 Å². The van der Waals surface area contributed by atoms with Crippen LogP contribution in [0.5, 0.6) is 0 Å². The number of aromatic nitrogens is 1. The number of carbonyl (C=O) groups excluding carboxylic acids is 1. The number of nitrogens with zero attached hydrogens (tertiary/aromatic N) is 2. The van der Waals surface area contributed by atoms with E-state index < -0.39 is 0 Å². The highest BCUT2D eigenvalue weighted by Gasteiger charge is 2.46. The van der Waals surface area contributed by atoms with E-state index in [0.29, 0.717) is 23.2 Å². The number of aryl methyl sites for hydroxylation is 1. The molecule has 31 heavy (non-hydrogen) atoms. The summed E-state index contributed by atoms with van der Waals surface area (Å²) < 4.78 is 0. The molecule has 0 unspecified atom stereocenters. The number of amides is 1. The van der Waals surface area contributed by atoms with Crippen molar-refractivity contribution >= 4 is 38.8 Å². The molecule has 5 rings (SSSR count). The largest absolute Gasteiger partial charge is 0.397 e. The highest BCUT2D eigenvalue weighted by molar-refractivity contribution is 7.21. The van der Waals surface area contributed by atoms with Gasteiger partial charge in [-0.25, -0.2) is 4.98 Å². The summed E-state index contributed by atoms with van der Waals surface area (Å²) >= 11 is 1.36. The molecular weight excluding hydrogens is 406 g/mol. The minimum Gasteiger partial charge on any atom is -0.397 e. The maximum atomic E-state index is 12.7. The Morgan fingerprint density at radius 1 is 1.32 bits per heavy atom. The van der Waals surface area contributed by atoms with Gasteiger partial charge in [-0.1, -0.05) is 12.1 Å². The molecule has 2 atom stereocenters. The van der Waals surface area contributed by atoms with Crippen molar-refractivity contribution in [2.45, 2.75) is 44.7 Å². The molecule has 2 aliphatic rings. The molecule has 1 amide bonds. The molecule has 0 saturated carbocycles. The average molecular weight is 436 g/mol. The van der Waals surface area contributed by atoms with E-state index in [1.165, 1.54) is 35.4 Å². The molecule has 0 spiro atoms. The van der Waals surface area contributed by atoms with Gasteiger partial charge in [-0.3, -0.25) is 4.79 Å². The summed E-state index contributed by atoms with van der Waals surface area (Å²) in [5.74, 6) is -0.125. The summed E-state index contributed by atoms with van der Waals surface area (Å²) in [6, 6.07) is 13.2. The van der Waals surface area contributed by atoms with E-state index in [9.17, 15) is 4.79 Å². The molecule has 0 bridgehead atoms. The first-order valence-electron chi connectivity index (χ1n) is 11.0. The van der Waals surface area contributed by atoms with Gasteiger partial charge in [0.1, 0.15) is 9.71 Å². The Labute approximate surface area is 186 Å². The number of benzene rings is 1. The van der Waals surface area contributed by atoms with Crippen LogP contribution < -0.4 is 21.3 Å². The van der Waals surface area contributed by atoms with Gasteiger partial charge >= 0.3 is 0 Å². The Kier molecular flexibility index (Phi) is 5.10. The number of rotatable bonds is 5. The fraction of sp³-hybridized carbons (Fsp3) is 0.417. The van der Waals surface area contributed by atoms with Crippen LogP contribution in [0.15, 0.2) is 36.4 Å². The van der Waals surface area contributed by atoms with E-state index in [-0.39, 0.29) is 11.4 Å². The zero-order valence-electron chi connectivity index (χ0n) is 18.1. The Morgan fingerprint density at radius 3 is 2.94 bits per heavy atom. The minimum absolute atomic E-state index is 0.125. The molecule has 162 valence electrons. The summed E-state index contributed by atoms with van der Waals surface area (Å²) in [4.78, 5) is 21.0. The normalized spacial score (nSPS) is 22.8. The number of thiophene rings is 1. The monoisotopic (exact) mass is 435 g/mol. The number of hydrogen-bond acceptors (Lipinski definition) is 6. The lowest BCUT2D eigenvalue weighted by atomic mass is 9.95. The lowest BCUT2D eigenvalue weighted by Gasteiger charge is -2.30. The number of hydrogen-bond donors (Lipinski definition) is 3. The van der Waals surface area contributed by atoms with Crippen LogP contribution in [0.4, 0.5) is 11.4 Å². The molecule has 1 aromatic carbocycles. The third kappa shape index (κ3) is 3.66. The van der Waals surface area contributed by atoms with Gasteiger partial charge < -0.3 is 21.3 Å². The minimum atomic E-state index is -0.125. The van der Waals surface area contributed by atoms with Gasteiger partial charge in [0, 0.05) is 41.4 Å². The van der Waals surface area contributed by atoms with Crippen LogP contribution in [0.3, 0.4) is 0 Å². The smallest absolute Gasteiger partial charge is 0.263 e. The van der Waals surface area contributed by atoms with E-state index in [0.717, 1.165) is 35.4 Å². The van der Waals surface area contributed by atoms with Gasteiger partial charge in [-0.05, 0) is 69.5 Å². The van der Waals surface area contributed by atoms with Crippen LogP contribution in [0, 0.1) is 6.92 Å². The molecular formula is C24H29N5OS. The van der Waals surface area contributed by atoms with Crippen LogP contribution in [0.1, 0.15) is 40.7 Å². The van der Waals surface area contributed by atoms with Gasteiger partial charge in [0.2, 0.25) is 0 Å². The van der Waals surface area contributed by atoms with Crippen LogP contribution in [-0.4, -0.2) is 42.1 Å². The molecule has 6 nitrogen and oxygen atoms in total. The van der Waals surface area contributed by atoms with Gasteiger partial charge in [0.05, 0.1) is 5.69 Å². The molecule has 2 aromatic heterocycles. The molecule has 2 aliphatic heterocycles. The molecule has 4 N–H and O–H groups in total. The predicted molar refractivity (Wildman–Crippen MR) is 128 cm³/mol. The van der Waals surface area contributed by atoms with E-state index in [4.69, 9.17) is 5.73 Å². The van der Waals surface area contributed by atoms with Gasteiger partial charge in [-0.15, -0.1) is 11.3 Å². The fourth-order valence-corrected chi connectivity index (χ4v) is 6.07. The number of nitrogen functional groups attached to an aromatic ring is 1. The number of carbonyl (C=O) groups is 1. The second-order valence-corrected chi connectivity index (χ2v) is 9.91. The molecule has 0 radical (unpaired) electrons. The number of nitrogens with two attached hydrogens (primary N) is 1. The maximum Gasteiger partial charge on any atom is 0.263 e. The van der Waals surface area contributed by atoms with E-state index in [1.54, 1.807) is 0 Å². The van der Waals surface area contributed by atoms with Crippen molar-refractivity contribution in [1.82, 2.24) is 15.6 Å². The Hall–Kier alpha value is -2.64. The van der Waals surface area contributed by atoms with Gasteiger partial charge in [0.15, 0.2) is 0 Å². The van der Waals surface area contributed by atoms with Gasteiger partial charge in [-0.2, -0.15) is 0 Å². The van der Waals surface area contributed by atoms with Crippen LogP contribution in [0.2, 0.25) is 0 Å². The van der Waals surface area contributed by atoms with Crippen molar-refractivity contribution in [3.63, 3.8) is 0 Å². The first kappa shape index (κ1) is 20.3. The summed E-state index contributed by atoms with van der Waals surface area (Å²) in [7, 11) is 0. The second-order valence-electron chi connectivity index (χ2n) is 8.91. The van der Waals surface area contributed by atoms with E-state index in [2.05, 4.69) is 51.7 Å². The van der Waals surface area contributed by atoms with Crippen molar-refractivity contribution in [1.29, 1.82) is 0 Å². The Balaban J connectivity index is 1.19. The van der Waals surface area contributed by atoms with Crippen molar-refractivity contribution in [2.24, 2.45) is 0 Å². The highest BCUT2D eigenvalue weighted by Crippen LogP contribution is 2.37. The first-order valence-corrected chi connectivity index (χ1v) is 11.8. The standard InChI is InChI=1S/C24H29N5OS/c1-15-3-8-18-20(25)21(31-23(18)28-15)22(30)26-12-9-16-4-6-17(7-5-16)29-14-11-24(2)19(29)10-13-27-24/h3-8,19,27H,9-14,25H2,1-2H3,(H,26,30)/t19-,24-/m0/s1.